The first-order chi connectivity index (χ1) is 9.92. The van der Waals surface area contributed by atoms with Gasteiger partial charge in [0.15, 0.2) is 0 Å². The van der Waals surface area contributed by atoms with E-state index in [4.69, 9.17) is 5.26 Å². The average molecular weight is 288 g/mol. The Morgan fingerprint density at radius 2 is 1.86 bits per heavy atom. The van der Waals surface area contributed by atoms with Crippen LogP contribution in [0.3, 0.4) is 0 Å². The standard InChI is InChI=1S/C15H16N2O4/c1-9-5-10(2)12(6-11(9)8-16)17-13(15(19)21-4)7-14(18)20-3/h5-7,17H,1-4H3/b13-7+. The van der Waals surface area contributed by atoms with Crippen molar-refractivity contribution < 1.29 is 19.1 Å². The molecular weight excluding hydrogens is 272 g/mol. The molecule has 0 aliphatic heterocycles. The number of carbonyl (C=O) groups is 2. The molecule has 1 rings (SSSR count). The van der Waals surface area contributed by atoms with Gasteiger partial charge in [-0.2, -0.15) is 5.26 Å². The fourth-order valence-electron chi connectivity index (χ4n) is 1.69. The van der Waals surface area contributed by atoms with Gasteiger partial charge in [-0.05, 0) is 31.0 Å². The summed E-state index contributed by atoms with van der Waals surface area (Å²) in [6.07, 6.45) is 0.997. The third kappa shape index (κ3) is 4.08. The van der Waals surface area contributed by atoms with Crippen LogP contribution < -0.4 is 5.32 Å². The Balaban J connectivity index is 3.22. The van der Waals surface area contributed by atoms with Crippen LogP contribution in [0.1, 0.15) is 16.7 Å². The number of benzene rings is 1. The molecule has 0 heterocycles. The fraction of sp³-hybridized carbons (Fsp3) is 0.267. The molecule has 0 spiro atoms. The molecule has 0 amide bonds. The number of hydrogen-bond donors (Lipinski definition) is 1. The molecule has 0 saturated carbocycles. The first-order valence-electron chi connectivity index (χ1n) is 6.09. The number of hydrogen-bond acceptors (Lipinski definition) is 6. The van der Waals surface area contributed by atoms with Crippen molar-refractivity contribution in [2.75, 3.05) is 19.5 Å². The summed E-state index contributed by atoms with van der Waals surface area (Å²) in [5.74, 6) is -1.40. The number of anilines is 1. The van der Waals surface area contributed by atoms with E-state index in [0.717, 1.165) is 17.2 Å². The lowest BCUT2D eigenvalue weighted by atomic mass is 10.0. The second-order valence-electron chi connectivity index (χ2n) is 4.29. The number of nitriles is 1. The lowest BCUT2D eigenvalue weighted by Gasteiger charge is -2.13. The second kappa shape index (κ2) is 7.10. The van der Waals surface area contributed by atoms with E-state index in [1.54, 1.807) is 6.07 Å². The SMILES string of the molecule is COC(=O)/C=C(/Nc1cc(C#N)c(C)cc1C)C(=O)OC. The fourth-order valence-corrected chi connectivity index (χ4v) is 1.69. The first kappa shape index (κ1) is 16.2. The minimum absolute atomic E-state index is 0.0693. The van der Waals surface area contributed by atoms with E-state index in [-0.39, 0.29) is 5.70 Å². The molecular formula is C15H16N2O4. The number of nitrogens with zero attached hydrogens (tertiary/aromatic N) is 1. The normalized spacial score (nSPS) is 10.5. The van der Waals surface area contributed by atoms with Crippen LogP contribution in [0.4, 0.5) is 5.69 Å². The van der Waals surface area contributed by atoms with Crippen LogP contribution in [-0.4, -0.2) is 26.2 Å². The van der Waals surface area contributed by atoms with Crippen LogP contribution in [0.5, 0.6) is 0 Å². The number of aryl methyl sites for hydroxylation is 2. The molecule has 1 aromatic carbocycles. The number of esters is 2. The quantitative estimate of drug-likeness (QED) is 0.671. The van der Waals surface area contributed by atoms with Gasteiger partial charge in [0.1, 0.15) is 5.70 Å². The summed E-state index contributed by atoms with van der Waals surface area (Å²) >= 11 is 0. The summed E-state index contributed by atoms with van der Waals surface area (Å²) < 4.78 is 9.10. The molecule has 0 fully saturated rings. The van der Waals surface area contributed by atoms with Crippen LogP contribution >= 0.6 is 0 Å². The zero-order valence-corrected chi connectivity index (χ0v) is 12.3. The summed E-state index contributed by atoms with van der Waals surface area (Å²) in [6, 6.07) is 5.49. The number of methoxy groups -OCH3 is 2. The van der Waals surface area contributed by atoms with Gasteiger partial charge >= 0.3 is 11.9 Å². The van der Waals surface area contributed by atoms with Crippen molar-refractivity contribution in [2.45, 2.75) is 13.8 Å². The van der Waals surface area contributed by atoms with E-state index in [1.165, 1.54) is 14.2 Å². The maximum Gasteiger partial charge on any atom is 0.354 e. The van der Waals surface area contributed by atoms with Gasteiger partial charge in [0.25, 0.3) is 0 Å². The van der Waals surface area contributed by atoms with Crippen LogP contribution in [0.25, 0.3) is 0 Å². The highest BCUT2D eigenvalue weighted by molar-refractivity contribution is 5.98. The first-order valence-corrected chi connectivity index (χ1v) is 6.09. The lowest BCUT2D eigenvalue weighted by molar-refractivity contribution is -0.138. The van der Waals surface area contributed by atoms with Gasteiger partial charge in [0.2, 0.25) is 0 Å². The summed E-state index contributed by atoms with van der Waals surface area (Å²) in [5.41, 5.74) is 2.60. The molecule has 0 bridgehead atoms. The Kier molecular flexibility index (Phi) is 5.49. The molecule has 6 heteroatoms. The van der Waals surface area contributed by atoms with Gasteiger partial charge in [0.05, 0.1) is 31.9 Å². The highest BCUT2D eigenvalue weighted by atomic mass is 16.5. The topological polar surface area (TPSA) is 88.4 Å². The van der Waals surface area contributed by atoms with Gasteiger partial charge < -0.3 is 14.8 Å². The molecule has 0 radical (unpaired) electrons. The Morgan fingerprint density at radius 3 is 2.38 bits per heavy atom. The molecule has 0 aromatic heterocycles. The van der Waals surface area contributed by atoms with Gasteiger partial charge in [-0.3, -0.25) is 0 Å². The number of carbonyl (C=O) groups excluding carboxylic acids is 2. The van der Waals surface area contributed by atoms with E-state index >= 15 is 0 Å². The van der Waals surface area contributed by atoms with Crippen molar-refractivity contribution in [1.29, 1.82) is 5.26 Å². The van der Waals surface area contributed by atoms with Crippen LogP contribution in [0.2, 0.25) is 0 Å². The van der Waals surface area contributed by atoms with Crippen molar-refractivity contribution in [1.82, 2.24) is 0 Å². The summed E-state index contributed by atoms with van der Waals surface area (Å²) in [4.78, 5) is 23.0. The zero-order valence-electron chi connectivity index (χ0n) is 12.3. The Morgan fingerprint density at radius 1 is 1.19 bits per heavy atom. The minimum Gasteiger partial charge on any atom is -0.466 e. The average Bonchev–Trinajstić information content (AvgIpc) is 2.47. The molecule has 110 valence electrons. The van der Waals surface area contributed by atoms with E-state index in [9.17, 15) is 9.59 Å². The molecule has 0 aliphatic rings. The van der Waals surface area contributed by atoms with Crippen LogP contribution in [0, 0.1) is 25.2 Å². The molecule has 1 N–H and O–H groups in total. The van der Waals surface area contributed by atoms with Crippen molar-refractivity contribution in [3.05, 3.63) is 40.6 Å². The van der Waals surface area contributed by atoms with E-state index in [2.05, 4.69) is 20.9 Å². The molecule has 0 unspecified atom stereocenters. The molecule has 0 aliphatic carbocycles. The smallest absolute Gasteiger partial charge is 0.354 e. The van der Waals surface area contributed by atoms with Crippen LogP contribution in [-0.2, 0) is 19.1 Å². The van der Waals surface area contributed by atoms with Crippen molar-refractivity contribution >= 4 is 17.6 Å². The molecule has 6 nitrogen and oxygen atoms in total. The summed E-state index contributed by atoms with van der Waals surface area (Å²) in [5, 5.41) is 11.8. The van der Waals surface area contributed by atoms with Crippen molar-refractivity contribution in [3.8, 4) is 6.07 Å². The van der Waals surface area contributed by atoms with Gasteiger partial charge in [-0.1, -0.05) is 6.07 Å². The highest BCUT2D eigenvalue weighted by Crippen LogP contribution is 2.22. The molecule has 1 aromatic rings. The molecule has 0 atom stereocenters. The third-order valence-corrected chi connectivity index (χ3v) is 2.83. The monoisotopic (exact) mass is 288 g/mol. The van der Waals surface area contributed by atoms with E-state index in [1.807, 2.05) is 19.9 Å². The van der Waals surface area contributed by atoms with E-state index in [0.29, 0.717) is 11.3 Å². The largest absolute Gasteiger partial charge is 0.466 e. The summed E-state index contributed by atoms with van der Waals surface area (Å²) in [6.45, 7) is 3.64. The van der Waals surface area contributed by atoms with Gasteiger partial charge in [-0.15, -0.1) is 0 Å². The van der Waals surface area contributed by atoms with Crippen LogP contribution in [0.15, 0.2) is 23.9 Å². The Labute approximate surface area is 123 Å². The van der Waals surface area contributed by atoms with Crippen molar-refractivity contribution in [2.24, 2.45) is 0 Å². The van der Waals surface area contributed by atoms with Gasteiger partial charge in [-0.25, -0.2) is 9.59 Å². The minimum atomic E-state index is -0.709. The lowest BCUT2D eigenvalue weighted by Crippen LogP contribution is -2.16. The Hall–Kier alpha value is -2.81. The van der Waals surface area contributed by atoms with E-state index < -0.39 is 11.9 Å². The maximum absolute atomic E-state index is 11.7. The second-order valence-corrected chi connectivity index (χ2v) is 4.29. The molecule has 0 saturated heterocycles. The third-order valence-electron chi connectivity index (χ3n) is 2.83. The Bertz CT molecular complexity index is 642. The highest BCUT2D eigenvalue weighted by Gasteiger charge is 2.14. The number of nitrogens with one attached hydrogen (secondary N) is 1. The van der Waals surface area contributed by atoms with Gasteiger partial charge in [0, 0.05) is 5.69 Å². The zero-order chi connectivity index (χ0) is 16.0. The maximum atomic E-state index is 11.7. The molecule has 21 heavy (non-hydrogen) atoms. The number of rotatable bonds is 4. The van der Waals surface area contributed by atoms with Crippen molar-refractivity contribution in [3.63, 3.8) is 0 Å². The predicted octanol–water partition coefficient (Wildman–Crippen LogP) is 1.82. The summed E-state index contributed by atoms with van der Waals surface area (Å²) in [7, 11) is 2.41. The number of ether oxygens (including phenoxy) is 2. The predicted molar refractivity (Wildman–Crippen MR) is 76.4 cm³/mol.